The average molecular weight is 379 g/mol. The SMILES string of the molecule is COc1cc2c(cc1Nc1ncnc3sc4c(c13)CCC(CN)C4)C=NC2. The fraction of sp³-hybridized carbons (Fsp3) is 0.350. The van der Waals surface area contributed by atoms with Gasteiger partial charge < -0.3 is 15.8 Å². The number of hydrogen-bond acceptors (Lipinski definition) is 7. The van der Waals surface area contributed by atoms with E-state index in [9.17, 15) is 0 Å². The van der Waals surface area contributed by atoms with Crippen molar-refractivity contribution in [2.75, 3.05) is 19.0 Å². The molecule has 1 unspecified atom stereocenters. The highest BCUT2D eigenvalue weighted by molar-refractivity contribution is 7.19. The maximum absolute atomic E-state index is 5.90. The second-order valence-corrected chi connectivity index (χ2v) is 8.18. The van der Waals surface area contributed by atoms with Crippen LogP contribution in [-0.4, -0.2) is 29.8 Å². The first-order valence-electron chi connectivity index (χ1n) is 9.20. The quantitative estimate of drug-likeness (QED) is 0.725. The van der Waals surface area contributed by atoms with Crippen LogP contribution in [0.25, 0.3) is 10.2 Å². The fourth-order valence-corrected chi connectivity index (χ4v) is 5.31. The number of nitrogens with two attached hydrogens (primary N) is 1. The maximum atomic E-state index is 5.90. The van der Waals surface area contributed by atoms with E-state index in [2.05, 4.69) is 32.4 Å². The number of rotatable bonds is 4. The molecule has 0 amide bonds. The molecule has 2 aliphatic rings. The third kappa shape index (κ3) is 2.78. The molecule has 2 aromatic heterocycles. The van der Waals surface area contributed by atoms with Gasteiger partial charge in [-0.3, -0.25) is 4.99 Å². The van der Waals surface area contributed by atoms with Crippen LogP contribution in [0.4, 0.5) is 11.5 Å². The van der Waals surface area contributed by atoms with Gasteiger partial charge in [0.25, 0.3) is 0 Å². The highest BCUT2D eigenvalue weighted by atomic mass is 32.1. The Kier molecular flexibility index (Phi) is 4.06. The lowest BCUT2D eigenvalue weighted by atomic mass is 9.88. The zero-order valence-electron chi connectivity index (χ0n) is 15.2. The van der Waals surface area contributed by atoms with Crippen molar-refractivity contribution in [3.63, 3.8) is 0 Å². The highest BCUT2D eigenvalue weighted by Gasteiger charge is 2.25. The van der Waals surface area contributed by atoms with Crippen molar-refractivity contribution in [2.24, 2.45) is 16.6 Å². The minimum absolute atomic E-state index is 0.575. The molecule has 3 heterocycles. The Morgan fingerprint density at radius 3 is 3.11 bits per heavy atom. The number of fused-ring (bicyclic) bond motifs is 4. The molecule has 27 heavy (non-hydrogen) atoms. The predicted octanol–water partition coefficient (Wildman–Crippen LogP) is 3.44. The summed E-state index contributed by atoms with van der Waals surface area (Å²) in [6.07, 6.45) is 6.75. The molecule has 7 heteroatoms. The zero-order chi connectivity index (χ0) is 18.4. The normalized spacial score (nSPS) is 17.8. The topological polar surface area (TPSA) is 85.4 Å². The highest BCUT2D eigenvalue weighted by Crippen LogP contribution is 2.41. The Morgan fingerprint density at radius 1 is 1.33 bits per heavy atom. The average Bonchev–Trinajstić information content (AvgIpc) is 3.30. The van der Waals surface area contributed by atoms with E-state index in [1.807, 2.05) is 6.21 Å². The Balaban J connectivity index is 1.59. The number of aromatic nitrogens is 2. The van der Waals surface area contributed by atoms with Crippen LogP contribution in [0.2, 0.25) is 0 Å². The summed E-state index contributed by atoms with van der Waals surface area (Å²) in [5.74, 6) is 2.22. The number of thiophene rings is 1. The molecular formula is C20H21N5OS. The third-order valence-electron chi connectivity index (χ3n) is 5.49. The number of benzene rings is 1. The second-order valence-electron chi connectivity index (χ2n) is 7.10. The van der Waals surface area contributed by atoms with E-state index in [1.54, 1.807) is 24.8 Å². The number of anilines is 2. The molecule has 3 N–H and O–H groups in total. The van der Waals surface area contributed by atoms with Crippen molar-refractivity contribution in [3.05, 3.63) is 40.0 Å². The van der Waals surface area contributed by atoms with E-state index in [0.29, 0.717) is 12.5 Å². The van der Waals surface area contributed by atoms with Crippen LogP contribution < -0.4 is 15.8 Å². The van der Waals surface area contributed by atoms with Crippen molar-refractivity contribution in [1.29, 1.82) is 0 Å². The van der Waals surface area contributed by atoms with E-state index >= 15 is 0 Å². The summed E-state index contributed by atoms with van der Waals surface area (Å²) in [7, 11) is 1.69. The van der Waals surface area contributed by atoms with Gasteiger partial charge in [-0.1, -0.05) is 0 Å². The van der Waals surface area contributed by atoms with Crippen LogP contribution >= 0.6 is 11.3 Å². The lowest BCUT2D eigenvalue weighted by Gasteiger charge is -2.20. The summed E-state index contributed by atoms with van der Waals surface area (Å²) < 4.78 is 5.60. The molecule has 0 saturated carbocycles. The van der Waals surface area contributed by atoms with Crippen molar-refractivity contribution in [1.82, 2.24) is 9.97 Å². The number of aryl methyl sites for hydroxylation is 1. The number of hydrogen-bond donors (Lipinski definition) is 2. The number of nitrogens with one attached hydrogen (secondary N) is 1. The molecule has 5 rings (SSSR count). The Hall–Kier alpha value is -2.51. The summed E-state index contributed by atoms with van der Waals surface area (Å²) in [6.45, 7) is 1.46. The molecule has 3 aromatic rings. The van der Waals surface area contributed by atoms with E-state index in [-0.39, 0.29) is 0 Å². The summed E-state index contributed by atoms with van der Waals surface area (Å²) in [6, 6.07) is 4.14. The molecule has 6 nitrogen and oxygen atoms in total. The number of ether oxygens (including phenoxy) is 1. The molecule has 1 aliphatic carbocycles. The number of methoxy groups -OCH3 is 1. The monoisotopic (exact) mass is 379 g/mol. The molecule has 1 aromatic carbocycles. The van der Waals surface area contributed by atoms with Crippen LogP contribution in [0.3, 0.4) is 0 Å². The lowest BCUT2D eigenvalue weighted by molar-refractivity contribution is 0.416. The molecule has 0 saturated heterocycles. The first-order valence-corrected chi connectivity index (χ1v) is 10.0. The summed E-state index contributed by atoms with van der Waals surface area (Å²) in [5.41, 5.74) is 10.5. The molecule has 0 fully saturated rings. The first kappa shape index (κ1) is 16.6. The lowest BCUT2D eigenvalue weighted by Crippen LogP contribution is -2.21. The Morgan fingerprint density at radius 2 is 2.26 bits per heavy atom. The van der Waals surface area contributed by atoms with Crippen LogP contribution in [0.5, 0.6) is 5.75 Å². The van der Waals surface area contributed by atoms with Gasteiger partial charge >= 0.3 is 0 Å². The van der Waals surface area contributed by atoms with Gasteiger partial charge in [-0.25, -0.2) is 9.97 Å². The smallest absolute Gasteiger partial charge is 0.142 e. The maximum Gasteiger partial charge on any atom is 0.142 e. The van der Waals surface area contributed by atoms with Crippen LogP contribution in [-0.2, 0) is 19.4 Å². The van der Waals surface area contributed by atoms with E-state index < -0.39 is 0 Å². The van der Waals surface area contributed by atoms with Crippen LogP contribution in [0.15, 0.2) is 23.5 Å². The summed E-state index contributed by atoms with van der Waals surface area (Å²) in [4.78, 5) is 15.9. The molecule has 1 aliphatic heterocycles. The van der Waals surface area contributed by atoms with Crippen molar-refractivity contribution in [3.8, 4) is 5.75 Å². The van der Waals surface area contributed by atoms with Gasteiger partial charge in [-0.2, -0.15) is 0 Å². The van der Waals surface area contributed by atoms with Gasteiger partial charge in [-0.05, 0) is 60.5 Å². The van der Waals surface area contributed by atoms with Gasteiger partial charge in [0.05, 0.1) is 24.7 Å². The molecule has 0 spiro atoms. The van der Waals surface area contributed by atoms with Gasteiger partial charge in [0, 0.05) is 11.1 Å². The minimum atomic E-state index is 0.575. The van der Waals surface area contributed by atoms with E-state index in [4.69, 9.17) is 10.5 Å². The zero-order valence-corrected chi connectivity index (χ0v) is 16.0. The molecule has 138 valence electrons. The fourth-order valence-electron chi connectivity index (χ4n) is 4.01. The largest absolute Gasteiger partial charge is 0.495 e. The third-order valence-corrected chi connectivity index (χ3v) is 6.65. The minimum Gasteiger partial charge on any atom is -0.495 e. The Bertz CT molecular complexity index is 1060. The van der Waals surface area contributed by atoms with Gasteiger partial charge in [0.15, 0.2) is 0 Å². The van der Waals surface area contributed by atoms with Crippen LogP contribution in [0, 0.1) is 5.92 Å². The van der Waals surface area contributed by atoms with Gasteiger partial charge in [-0.15, -0.1) is 11.3 Å². The summed E-state index contributed by atoms with van der Waals surface area (Å²) >= 11 is 1.77. The predicted molar refractivity (Wildman–Crippen MR) is 110 cm³/mol. The van der Waals surface area contributed by atoms with Crippen molar-refractivity contribution < 1.29 is 4.74 Å². The standard InChI is InChI=1S/C20H21N5OS/c1-26-16-6-13-9-22-8-12(13)5-15(16)25-19-18-14-3-2-11(7-21)4-17(14)27-20(18)24-10-23-19/h5-6,8,10-11H,2-4,7,9,21H2,1H3,(H,23,24,25). The van der Waals surface area contributed by atoms with Crippen LogP contribution in [0.1, 0.15) is 28.0 Å². The number of aliphatic imine (C=N–C) groups is 1. The Labute approximate surface area is 161 Å². The van der Waals surface area contributed by atoms with Crippen molar-refractivity contribution >= 4 is 39.3 Å². The molecule has 0 radical (unpaired) electrons. The molecular weight excluding hydrogens is 358 g/mol. The molecule has 0 bridgehead atoms. The first-order chi connectivity index (χ1) is 13.3. The number of nitrogens with zero attached hydrogens (tertiary/aromatic N) is 3. The second kappa shape index (κ2) is 6.58. The van der Waals surface area contributed by atoms with Crippen molar-refractivity contribution in [2.45, 2.75) is 25.8 Å². The summed E-state index contributed by atoms with van der Waals surface area (Å²) in [5, 5.41) is 4.64. The molecule has 1 atom stereocenters. The van der Waals surface area contributed by atoms with Gasteiger partial charge in [0.2, 0.25) is 0 Å². The van der Waals surface area contributed by atoms with E-state index in [0.717, 1.165) is 58.8 Å². The van der Waals surface area contributed by atoms with Gasteiger partial charge in [0.1, 0.15) is 22.7 Å². The van der Waals surface area contributed by atoms with E-state index in [1.165, 1.54) is 16.0 Å².